The monoisotopic (exact) mass is 547 g/mol. The molecule has 0 bridgehead atoms. The second-order valence-electron chi connectivity index (χ2n) is 7.73. The number of rotatable bonds is 7. The highest BCUT2D eigenvalue weighted by Gasteiger charge is 2.36. The van der Waals surface area contributed by atoms with Gasteiger partial charge in [0.25, 0.3) is 11.1 Å². The summed E-state index contributed by atoms with van der Waals surface area (Å²) >= 11 is 6.71. The molecule has 0 spiro atoms. The average molecular weight is 548 g/mol. The molecule has 3 aromatic rings. The van der Waals surface area contributed by atoms with Crippen molar-refractivity contribution in [1.29, 1.82) is 0 Å². The minimum atomic E-state index is -4.16. The summed E-state index contributed by atoms with van der Waals surface area (Å²) in [6.45, 7) is 1.51. The summed E-state index contributed by atoms with van der Waals surface area (Å²) in [5, 5.41) is -0.484. The molecular formula is C25H19ClFNO6S2. The van der Waals surface area contributed by atoms with E-state index in [9.17, 15) is 22.4 Å². The summed E-state index contributed by atoms with van der Waals surface area (Å²) in [5.74, 6) is -1.19. The van der Waals surface area contributed by atoms with Crippen LogP contribution in [-0.2, 0) is 21.5 Å². The lowest BCUT2D eigenvalue weighted by Crippen LogP contribution is -2.28. The number of aryl methyl sites for hydroxylation is 1. The SMILES string of the molecule is COc1ccc(/C=C2\SC(=O)N(Cc3c(F)cccc3Cl)C2=O)cc1OS(=O)(=O)c1ccc(C)cc1. The number of methoxy groups -OCH3 is 1. The van der Waals surface area contributed by atoms with Gasteiger partial charge in [-0.1, -0.05) is 41.4 Å². The number of benzene rings is 3. The van der Waals surface area contributed by atoms with E-state index in [4.69, 9.17) is 20.5 Å². The molecule has 1 heterocycles. The predicted molar refractivity (Wildman–Crippen MR) is 135 cm³/mol. The van der Waals surface area contributed by atoms with E-state index >= 15 is 0 Å². The summed E-state index contributed by atoms with van der Waals surface area (Å²) in [5.41, 5.74) is 1.31. The largest absolute Gasteiger partial charge is 0.493 e. The zero-order valence-electron chi connectivity index (χ0n) is 19.0. The van der Waals surface area contributed by atoms with E-state index < -0.39 is 27.1 Å². The first-order valence-corrected chi connectivity index (χ1v) is 13.1. The van der Waals surface area contributed by atoms with Gasteiger partial charge >= 0.3 is 10.1 Å². The number of hydrogen-bond donors (Lipinski definition) is 0. The van der Waals surface area contributed by atoms with Crippen LogP contribution in [0.1, 0.15) is 16.7 Å². The second kappa shape index (κ2) is 10.3. The zero-order valence-corrected chi connectivity index (χ0v) is 21.4. The molecule has 36 heavy (non-hydrogen) atoms. The van der Waals surface area contributed by atoms with Crippen LogP contribution in [0.5, 0.6) is 11.5 Å². The second-order valence-corrected chi connectivity index (χ2v) is 10.7. The van der Waals surface area contributed by atoms with Crippen LogP contribution in [-0.4, -0.2) is 31.6 Å². The summed E-state index contributed by atoms with van der Waals surface area (Å²) in [6, 6.07) is 14.7. The van der Waals surface area contributed by atoms with E-state index in [0.29, 0.717) is 17.3 Å². The molecule has 186 valence electrons. The van der Waals surface area contributed by atoms with Gasteiger partial charge in [0.2, 0.25) is 0 Å². The van der Waals surface area contributed by atoms with Crippen LogP contribution < -0.4 is 8.92 Å². The zero-order chi connectivity index (χ0) is 26.0. The highest BCUT2D eigenvalue weighted by atomic mass is 35.5. The number of amides is 2. The molecule has 11 heteroatoms. The minimum Gasteiger partial charge on any atom is -0.493 e. The smallest absolute Gasteiger partial charge is 0.339 e. The van der Waals surface area contributed by atoms with Crippen LogP contribution in [0.4, 0.5) is 9.18 Å². The number of thioether (sulfide) groups is 1. The topological polar surface area (TPSA) is 90.0 Å². The Balaban J connectivity index is 1.61. The number of halogens is 2. The Bertz CT molecular complexity index is 1470. The first kappa shape index (κ1) is 25.7. The third-order valence-corrected chi connectivity index (χ3v) is 7.76. The third-order valence-electron chi connectivity index (χ3n) is 5.25. The summed E-state index contributed by atoms with van der Waals surface area (Å²) in [6.07, 6.45) is 1.42. The Morgan fingerprint density at radius 3 is 2.44 bits per heavy atom. The standard InChI is InChI=1S/C25H19ClFNO6S2/c1-15-6-9-17(10-7-15)36(31,32)34-22-12-16(8-11-21(22)33-2)13-23-24(29)28(25(30)35-23)14-18-19(26)4-3-5-20(18)27/h3-13H,14H2,1-2H3/b23-13-. The fourth-order valence-electron chi connectivity index (χ4n) is 3.35. The fourth-order valence-corrected chi connectivity index (χ4v) is 5.34. The molecule has 2 amide bonds. The fraction of sp³-hybridized carbons (Fsp3) is 0.120. The lowest BCUT2D eigenvalue weighted by Gasteiger charge is -2.14. The molecule has 0 aliphatic carbocycles. The van der Waals surface area contributed by atoms with Gasteiger partial charge in [-0.15, -0.1) is 0 Å². The molecule has 1 aliphatic heterocycles. The van der Waals surface area contributed by atoms with Crippen molar-refractivity contribution in [2.24, 2.45) is 0 Å². The molecule has 1 saturated heterocycles. The predicted octanol–water partition coefficient (Wildman–Crippen LogP) is 5.80. The van der Waals surface area contributed by atoms with Gasteiger partial charge in [-0.3, -0.25) is 14.5 Å². The number of ether oxygens (including phenoxy) is 1. The van der Waals surface area contributed by atoms with Crippen molar-refractivity contribution in [3.8, 4) is 11.5 Å². The van der Waals surface area contributed by atoms with Crippen molar-refractivity contribution in [3.05, 3.63) is 93.1 Å². The Morgan fingerprint density at radius 2 is 1.78 bits per heavy atom. The minimum absolute atomic E-state index is 0.0316. The molecule has 0 saturated carbocycles. The Labute approximate surface area is 216 Å². The molecular weight excluding hydrogens is 529 g/mol. The lowest BCUT2D eigenvalue weighted by atomic mass is 10.1. The molecule has 0 atom stereocenters. The molecule has 0 unspecified atom stereocenters. The Kier molecular flexibility index (Phi) is 7.39. The highest BCUT2D eigenvalue weighted by Crippen LogP contribution is 2.37. The summed E-state index contributed by atoms with van der Waals surface area (Å²) < 4.78 is 50.2. The van der Waals surface area contributed by atoms with E-state index in [0.717, 1.165) is 10.5 Å². The van der Waals surface area contributed by atoms with Gasteiger partial charge in [0.1, 0.15) is 10.7 Å². The van der Waals surface area contributed by atoms with E-state index in [1.807, 2.05) is 6.92 Å². The van der Waals surface area contributed by atoms with Gasteiger partial charge in [0, 0.05) is 10.6 Å². The van der Waals surface area contributed by atoms with Crippen LogP contribution in [0, 0.1) is 12.7 Å². The van der Waals surface area contributed by atoms with Crippen molar-refractivity contribution < 1.29 is 31.3 Å². The first-order valence-electron chi connectivity index (χ1n) is 10.5. The van der Waals surface area contributed by atoms with E-state index in [-0.39, 0.29) is 38.4 Å². The van der Waals surface area contributed by atoms with E-state index in [1.165, 1.54) is 55.7 Å². The van der Waals surface area contributed by atoms with Gasteiger partial charge in [-0.05, 0) is 66.7 Å². The van der Waals surface area contributed by atoms with Crippen molar-refractivity contribution in [1.82, 2.24) is 4.90 Å². The molecule has 3 aromatic carbocycles. The third kappa shape index (κ3) is 5.40. The van der Waals surface area contributed by atoms with Crippen molar-refractivity contribution >= 4 is 50.7 Å². The van der Waals surface area contributed by atoms with Crippen LogP contribution in [0.15, 0.2) is 70.5 Å². The van der Waals surface area contributed by atoms with Crippen LogP contribution in [0.25, 0.3) is 6.08 Å². The number of nitrogens with zero attached hydrogens (tertiary/aromatic N) is 1. The van der Waals surface area contributed by atoms with Gasteiger partial charge in [0.15, 0.2) is 11.5 Å². The number of hydrogen-bond acceptors (Lipinski definition) is 7. The lowest BCUT2D eigenvalue weighted by molar-refractivity contribution is -0.123. The van der Waals surface area contributed by atoms with Gasteiger partial charge in [-0.2, -0.15) is 8.42 Å². The maximum atomic E-state index is 14.2. The molecule has 0 radical (unpaired) electrons. The van der Waals surface area contributed by atoms with Gasteiger partial charge in [-0.25, -0.2) is 4.39 Å². The van der Waals surface area contributed by atoms with E-state index in [1.54, 1.807) is 18.2 Å². The number of carbonyl (C=O) groups excluding carboxylic acids is 2. The molecule has 7 nitrogen and oxygen atoms in total. The highest BCUT2D eigenvalue weighted by molar-refractivity contribution is 8.18. The maximum absolute atomic E-state index is 14.2. The molecule has 1 aliphatic rings. The van der Waals surface area contributed by atoms with Crippen LogP contribution >= 0.6 is 23.4 Å². The molecule has 1 fully saturated rings. The molecule has 0 aromatic heterocycles. The molecule has 4 rings (SSSR count). The van der Waals surface area contributed by atoms with Crippen molar-refractivity contribution in [3.63, 3.8) is 0 Å². The Hall–Kier alpha value is -3.34. The van der Waals surface area contributed by atoms with Crippen LogP contribution in [0.2, 0.25) is 5.02 Å². The quantitative estimate of drug-likeness (QED) is 0.273. The van der Waals surface area contributed by atoms with Gasteiger partial charge < -0.3 is 8.92 Å². The van der Waals surface area contributed by atoms with Gasteiger partial charge in [0.05, 0.1) is 18.6 Å². The normalized spacial score (nSPS) is 15.0. The summed E-state index contributed by atoms with van der Waals surface area (Å²) in [7, 11) is -2.80. The maximum Gasteiger partial charge on any atom is 0.339 e. The van der Waals surface area contributed by atoms with Crippen LogP contribution in [0.3, 0.4) is 0 Å². The van der Waals surface area contributed by atoms with Crippen molar-refractivity contribution in [2.45, 2.75) is 18.4 Å². The van der Waals surface area contributed by atoms with E-state index in [2.05, 4.69) is 0 Å². The average Bonchev–Trinajstić information content (AvgIpc) is 3.08. The Morgan fingerprint density at radius 1 is 1.06 bits per heavy atom. The number of carbonyl (C=O) groups is 2. The van der Waals surface area contributed by atoms with Crippen molar-refractivity contribution in [2.75, 3.05) is 7.11 Å². The summed E-state index contributed by atoms with van der Waals surface area (Å²) in [4.78, 5) is 26.3. The first-order chi connectivity index (χ1) is 17.1. The molecule has 0 N–H and O–H groups in total. The number of imide groups is 1.